The quantitative estimate of drug-likeness (QED) is 0.714. The first-order valence-corrected chi connectivity index (χ1v) is 7.44. The Morgan fingerprint density at radius 2 is 1.28 bits per heavy atom. The maximum absolute atomic E-state index is 13.4. The number of rotatable bonds is 6. The molecule has 0 spiro atoms. The van der Waals surface area contributed by atoms with Gasteiger partial charge in [-0.05, 0) is 17.7 Å². The van der Waals surface area contributed by atoms with Crippen molar-refractivity contribution in [1.82, 2.24) is 0 Å². The van der Waals surface area contributed by atoms with Crippen LogP contribution in [0.15, 0.2) is 30.8 Å². The van der Waals surface area contributed by atoms with Crippen LogP contribution in [0.5, 0.6) is 0 Å². The van der Waals surface area contributed by atoms with Gasteiger partial charge in [0.2, 0.25) is 0 Å². The number of anilines is 1. The lowest BCUT2D eigenvalue weighted by molar-refractivity contribution is -0.382. The molecular formula is C12H8F9NO2S. The van der Waals surface area contributed by atoms with Gasteiger partial charge in [-0.2, -0.15) is 47.9 Å². The molecule has 0 saturated carbocycles. The van der Waals surface area contributed by atoms with Gasteiger partial charge in [0.15, 0.2) is 0 Å². The number of hydrogen-bond donors (Lipinski definition) is 1. The van der Waals surface area contributed by atoms with E-state index in [0.717, 1.165) is 29.0 Å². The zero-order valence-electron chi connectivity index (χ0n) is 11.7. The van der Waals surface area contributed by atoms with E-state index in [2.05, 4.69) is 6.58 Å². The largest absolute Gasteiger partial charge is 0.460 e. The molecule has 1 rings (SSSR count). The summed E-state index contributed by atoms with van der Waals surface area (Å²) in [7, 11) is -6.67. The fraction of sp³-hybridized carbons (Fsp3) is 0.333. The fourth-order valence-electron chi connectivity index (χ4n) is 1.44. The number of hydrogen-bond acceptors (Lipinski definition) is 2. The van der Waals surface area contributed by atoms with Gasteiger partial charge in [-0.3, -0.25) is 4.72 Å². The summed E-state index contributed by atoms with van der Waals surface area (Å²) in [5.74, 6) is -14.6. The highest BCUT2D eigenvalue weighted by Gasteiger charge is 2.85. The van der Waals surface area contributed by atoms with E-state index in [1.54, 1.807) is 0 Å². The molecule has 0 saturated heterocycles. The van der Waals surface area contributed by atoms with E-state index in [4.69, 9.17) is 0 Å². The van der Waals surface area contributed by atoms with E-state index in [1.807, 2.05) is 0 Å². The molecule has 0 radical (unpaired) electrons. The van der Waals surface area contributed by atoms with E-state index in [-0.39, 0.29) is 0 Å². The Hall–Kier alpha value is -1.92. The Balaban J connectivity index is 3.31. The summed E-state index contributed by atoms with van der Waals surface area (Å²) in [6.07, 6.45) is -5.87. The van der Waals surface area contributed by atoms with Crippen LogP contribution in [-0.2, 0) is 10.0 Å². The van der Waals surface area contributed by atoms with Crippen molar-refractivity contribution in [3.8, 4) is 0 Å². The second-order valence-electron chi connectivity index (χ2n) is 4.59. The van der Waals surface area contributed by atoms with Crippen LogP contribution in [0.25, 0.3) is 6.08 Å². The Kier molecular flexibility index (Phi) is 5.16. The van der Waals surface area contributed by atoms with E-state index < -0.39 is 39.0 Å². The standard InChI is InChI=1S/C12H8F9NO2S/c1-2-7-3-5-8(6-4-7)22-25(23,24)12(20,21)10(15,16)9(13,14)11(17,18)19/h2-6,22H,1H2. The first-order chi connectivity index (χ1) is 11.0. The second-order valence-corrected chi connectivity index (χ2v) is 6.32. The Labute approximate surface area is 135 Å². The van der Waals surface area contributed by atoms with Crippen LogP contribution >= 0.6 is 0 Å². The van der Waals surface area contributed by atoms with Crippen LogP contribution in [0, 0.1) is 0 Å². The van der Waals surface area contributed by atoms with Crippen molar-refractivity contribution in [3.05, 3.63) is 36.4 Å². The molecule has 3 nitrogen and oxygen atoms in total. The first kappa shape index (κ1) is 21.1. The van der Waals surface area contributed by atoms with Crippen LogP contribution in [0.1, 0.15) is 5.56 Å². The fourth-order valence-corrected chi connectivity index (χ4v) is 2.48. The molecule has 142 valence electrons. The molecule has 25 heavy (non-hydrogen) atoms. The number of benzene rings is 1. The SMILES string of the molecule is C=Cc1ccc(NS(=O)(=O)C(F)(F)C(F)(F)C(F)(F)C(F)(F)F)cc1. The zero-order chi connectivity index (χ0) is 19.9. The highest BCUT2D eigenvalue weighted by molar-refractivity contribution is 7.93. The summed E-state index contributed by atoms with van der Waals surface area (Å²) < 4.78 is 138. The third-order valence-corrected chi connectivity index (χ3v) is 4.29. The van der Waals surface area contributed by atoms with Crippen LogP contribution in [-0.4, -0.2) is 31.7 Å². The van der Waals surface area contributed by atoms with Gasteiger partial charge in [0, 0.05) is 5.69 Å². The van der Waals surface area contributed by atoms with Crippen LogP contribution in [0.4, 0.5) is 45.2 Å². The molecule has 0 heterocycles. The van der Waals surface area contributed by atoms with Crippen molar-refractivity contribution in [2.75, 3.05) is 4.72 Å². The molecule has 0 bridgehead atoms. The van der Waals surface area contributed by atoms with Crippen molar-refractivity contribution in [3.63, 3.8) is 0 Å². The molecule has 0 unspecified atom stereocenters. The molecule has 0 aromatic heterocycles. The Bertz CT molecular complexity index is 739. The van der Waals surface area contributed by atoms with E-state index in [9.17, 15) is 47.9 Å². The maximum atomic E-state index is 13.4. The molecule has 1 N–H and O–H groups in total. The second kappa shape index (κ2) is 6.11. The number of halogens is 9. The number of nitrogens with one attached hydrogen (secondary N) is 1. The Morgan fingerprint density at radius 1 is 0.840 bits per heavy atom. The van der Waals surface area contributed by atoms with E-state index in [1.165, 1.54) is 6.08 Å². The molecule has 0 aliphatic carbocycles. The average molecular weight is 401 g/mol. The van der Waals surface area contributed by atoms with Crippen molar-refractivity contribution in [2.45, 2.75) is 23.3 Å². The van der Waals surface area contributed by atoms with Crippen LogP contribution < -0.4 is 4.72 Å². The van der Waals surface area contributed by atoms with Gasteiger partial charge in [0.1, 0.15) is 0 Å². The summed E-state index contributed by atoms with van der Waals surface area (Å²) in [4.78, 5) is 0. The third kappa shape index (κ3) is 3.41. The highest BCUT2D eigenvalue weighted by Crippen LogP contribution is 2.54. The number of sulfonamides is 1. The third-order valence-electron chi connectivity index (χ3n) is 2.85. The van der Waals surface area contributed by atoms with E-state index in [0.29, 0.717) is 5.56 Å². The van der Waals surface area contributed by atoms with Gasteiger partial charge in [-0.1, -0.05) is 24.8 Å². The van der Waals surface area contributed by atoms with E-state index >= 15 is 0 Å². The minimum atomic E-state index is -7.30. The summed E-state index contributed by atoms with van der Waals surface area (Å²) in [6.45, 7) is 3.31. The molecular weight excluding hydrogens is 393 g/mol. The molecule has 0 fully saturated rings. The van der Waals surface area contributed by atoms with Crippen LogP contribution in [0.3, 0.4) is 0 Å². The van der Waals surface area contributed by atoms with Crippen molar-refractivity contribution in [1.29, 1.82) is 0 Å². The van der Waals surface area contributed by atoms with Gasteiger partial charge < -0.3 is 0 Å². The lowest BCUT2D eigenvalue weighted by atomic mass is 10.1. The monoisotopic (exact) mass is 401 g/mol. The molecule has 0 amide bonds. The summed E-state index contributed by atoms with van der Waals surface area (Å²) in [5.41, 5.74) is -0.417. The summed E-state index contributed by atoms with van der Waals surface area (Å²) >= 11 is 0. The predicted octanol–water partition coefficient (Wildman–Crippen LogP) is 4.50. The van der Waals surface area contributed by atoms with Gasteiger partial charge >= 0.3 is 33.3 Å². The van der Waals surface area contributed by atoms with Crippen LogP contribution in [0.2, 0.25) is 0 Å². The van der Waals surface area contributed by atoms with Gasteiger partial charge in [-0.15, -0.1) is 0 Å². The minimum absolute atomic E-state index is 0.351. The zero-order valence-corrected chi connectivity index (χ0v) is 12.5. The number of alkyl halides is 9. The van der Waals surface area contributed by atoms with Gasteiger partial charge in [0.05, 0.1) is 0 Å². The molecule has 0 atom stereocenters. The molecule has 1 aromatic rings. The molecule has 0 aliphatic heterocycles. The Morgan fingerprint density at radius 3 is 1.64 bits per heavy atom. The molecule has 1 aromatic carbocycles. The predicted molar refractivity (Wildman–Crippen MR) is 70.0 cm³/mol. The summed E-state index contributed by atoms with van der Waals surface area (Å²) in [6, 6.07) is 3.74. The van der Waals surface area contributed by atoms with Crippen molar-refractivity contribution < 1.29 is 47.9 Å². The molecule has 0 aliphatic rings. The lowest BCUT2D eigenvalue weighted by Gasteiger charge is -2.33. The van der Waals surface area contributed by atoms with Crippen molar-refractivity contribution in [2.24, 2.45) is 0 Å². The van der Waals surface area contributed by atoms with Gasteiger partial charge in [0.25, 0.3) is 0 Å². The topological polar surface area (TPSA) is 46.2 Å². The summed E-state index contributed by atoms with van der Waals surface area (Å²) in [5, 5.41) is -6.78. The lowest BCUT2D eigenvalue weighted by Crippen LogP contribution is -2.64. The highest BCUT2D eigenvalue weighted by atomic mass is 32.2. The minimum Gasteiger partial charge on any atom is -0.278 e. The van der Waals surface area contributed by atoms with Gasteiger partial charge in [-0.25, -0.2) is 0 Å². The normalized spacial score (nSPS) is 14.3. The van der Waals surface area contributed by atoms with Crippen molar-refractivity contribution >= 4 is 21.8 Å². The first-order valence-electron chi connectivity index (χ1n) is 5.96. The molecule has 13 heteroatoms. The smallest absolute Gasteiger partial charge is 0.278 e. The average Bonchev–Trinajstić information content (AvgIpc) is 2.45. The maximum Gasteiger partial charge on any atom is 0.460 e.